The van der Waals surface area contributed by atoms with Crippen LogP contribution in [0.25, 0.3) is 0 Å². The molecule has 0 atom stereocenters. The summed E-state index contributed by atoms with van der Waals surface area (Å²) in [5.74, 6) is 0. The normalized spacial score (nSPS) is 8.67. The van der Waals surface area contributed by atoms with Crippen molar-refractivity contribution in [3.8, 4) is 0 Å². The van der Waals surface area contributed by atoms with Crippen molar-refractivity contribution in [2.24, 2.45) is 0 Å². The molecular formula is C9H16Cl4NTi-2. The van der Waals surface area contributed by atoms with Crippen LogP contribution in [0.1, 0.15) is 13.3 Å². The van der Waals surface area contributed by atoms with Crippen molar-refractivity contribution in [2.45, 2.75) is 13.3 Å². The summed E-state index contributed by atoms with van der Waals surface area (Å²) in [7, 11) is 3.53. The molecule has 0 heterocycles. The molecule has 0 aliphatic heterocycles. The Bertz CT molecular complexity index is 106. The minimum atomic E-state index is 0. The van der Waals surface area contributed by atoms with Gasteiger partial charge in [-0.15, -0.1) is 6.42 Å². The van der Waals surface area contributed by atoms with Crippen LogP contribution in [0, 0.1) is 13.0 Å². The maximum absolute atomic E-state index is 5.11. The molecule has 6 heteroatoms. The van der Waals surface area contributed by atoms with Crippen LogP contribution in [-0.2, 0) is 21.7 Å². The Kier molecular flexibility index (Phi) is 86.7. The Labute approximate surface area is 133 Å². The van der Waals surface area contributed by atoms with E-state index in [0.29, 0.717) is 0 Å². The zero-order chi connectivity index (χ0) is 9.11. The fraction of sp³-hybridized carbons (Fsp3) is 0.444. The first-order valence-electron chi connectivity index (χ1n) is 3.49. The Morgan fingerprint density at radius 3 is 1.60 bits per heavy atom. The Hall–Kier alpha value is 1.31. The third-order valence-corrected chi connectivity index (χ3v) is 0.586. The average Bonchev–Trinajstić information content (AvgIpc) is 2.44. The van der Waals surface area contributed by atoms with E-state index in [9.17, 15) is 0 Å². The molecule has 0 fully saturated rings. The van der Waals surface area contributed by atoms with E-state index in [-0.39, 0.29) is 58.9 Å². The predicted molar refractivity (Wildman–Crippen MR) is 52.1 cm³/mol. The quantitative estimate of drug-likeness (QED) is 0.243. The van der Waals surface area contributed by atoms with Gasteiger partial charge in [-0.2, -0.15) is 13.0 Å². The largest absolute Gasteiger partial charge is 3.00 e. The number of rotatable bonds is 0. The summed E-state index contributed by atoms with van der Waals surface area (Å²) in [6.45, 7) is 5.00. The topological polar surface area (TPSA) is 3.24 Å². The van der Waals surface area contributed by atoms with Gasteiger partial charge >= 0.3 is 21.7 Å². The molecule has 0 bridgehead atoms. The van der Waals surface area contributed by atoms with Gasteiger partial charge < -0.3 is 44.1 Å². The molecule has 0 aromatic heterocycles. The van der Waals surface area contributed by atoms with Crippen molar-refractivity contribution >= 4 is 11.8 Å². The molecule has 15 heavy (non-hydrogen) atoms. The van der Waals surface area contributed by atoms with Crippen LogP contribution in [-0.4, -0.2) is 18.5 Å². The molecule has 0 saturated carbocycles. The predicted octanol–water partition coefficient (Wildman–Crippen LogP) is -6.14. The molecule has 1 aliphatic carbocycles. The number of hydrogen-bond donors (Lipinski definition) is 0. The maximum Gasteiger partial charge on any atom is 3.00 e. The monoisotopic (exact) mass is 326 g/mol. The smallest absolute Gasteiger partial charge is 1.00 e. The van der Waals surface area contributed by atoms with Gasteiger partial charge in [0.05, 0.1) is 0 Å². The van der Waals surface area contributed by atoms with Gasteiger partial charge in [-0.25, -0.2) is 16.6 Å². The molecule has 0 unspecified atom stereocenters. The first kappa shape index (κ1) is 36.0. The third-order valence-electron chi connectivity index (χ3n) is 0.586. The molecule has 1 aliphatic rings. The third kappa shape index (κ3) is 68.1. The van der Waals surface area contributed by atoms with E-state index in [1.165, 1.54) is 4.42 Å². The maximum atomic E-state index is 5.11. The molecule has 1 nitrogen and oxygen atoms in total. The summed E-state index contributed by atoms with van der Waals surface area (Å²) in [4.78, 5) is 0. The molecule has 0 amide bonds. The summed E-state index contributed by atoms with van der Waals surface area (Å²) < 4.78 is 1.47. The molecule has 0 N–H and O–H groups in total. The summed E-state index contributed by atoms with van der Waals surface area (Å²) >= 11 is 5.11. The van der Waals surface area contributed by atoms with Gasteiger partial charge in [0, 0.05) is 14.1 Å². The van der Waals surface area contributed by atoms with Crippen molar-refractivity contribution in [1.82, 2.24) is 4.42 Å². The SMILES string of the molecule is CN(C)Cl.[C-]1=CC=CC1.[CH2-]C.[Cl-].[Cl-].[Cl-].[Ti+3]. The van der Waals surface area contributed by atoms with E-state index < -0.39 is 0 Å². The average molecular weight is 328 g/mol. The summed E-state index contributed by atoms with van der Waals surface area (Å²) in [6, 6.07) is 0. The van der Waals surface area contributed by atoms with Gasteiger partial charge in [0.15, 0.2) is 0 Å². The van der Waals surface area contributed by atoms with E-state index >= 15 is 0 Å². The van der Waals surface area contributed by atoms with Crippen LogP contribution >= 0.6 is 11.8 Å². The van der Waals surface area contributed by atoms with Crippen molar-refractivity contribution in [1.29, 1.82) is 0 Å². The van der Waals surface area contributed by atoms with E-state index in [1.54, 1.807) is 21.0 Å². The second-order valence-corrected chi connectivity index (χ2v) is 2.46. The zero-order valence-corrected chi connectivity index (χ0v) is 13.7. The molecule has 0 aromatic rings. The molecular weight excluding hydrogens is 312 g/mol. The van der Waals surface area contributed by atoms with Gasteiger partial charge in [-0.05, 0) is 11.8 Å². The van der Waals surface area contributed by atoms with Crippen LogP contribution in [0.3, 0.4) is 0 Å². The molecule has 0 saturated heterocycles. The van der Waals surface area contributed by atoms with Crippen molar-refractivity contribution < 1.29 is 58.9 Å². The second-order valence-electron chi connectivity index (χ2n) is 1.79. The zero-order valence-electron chi connectivity index (χ0n) is 9.11. The second kappa shape index (κ2) is 36.2. The first-order chi connectivity index (χ1) is 5.23. The van der Waals surface area contributed by atoms with E-state index in [2.05, 4.69) is 19.1 Å². The molecule has 0 spiro atoms. The number of hydrogen-bond acceptors (Lipinski definition) is 1. The van der Waals surface area contributed by atoms with E-state index in [4.69, 9.17) is 11.8 Å². The van der Waals surface area contributed by atoms with Gasteiger partial charge in [0.2, 0.25) is 0 Å². The molecule has 1 rings (SSSR count). The first-order valence-corrected chi connectivity index (χ1v) is 3.83. The molecule has 91 valence electrons. The van der Waals surface area contributed by atoms with Crippen molar-refractivity contribution in [3.63, 3.8) is 0 Å². The van der Waals surface area contributed by atoms with E-state index in [1.807, 2.05) is 12.2 Å². The van der Waals surface area contributed by atoms with Crippen molar-refractivity contribution in [2.75, 3.05) is 14.1 Å². The van der Waals surface area contributed by atoms with Gasteiger partial charge in [-0.1, -0.05) is 0 Å². The van der Waals surface area contributed by atoms with Crippen molar-refractivity contribution in [3.05, 3.63) is 31.2 Å². The minimum Gasteiger partial charge on any atom is -1.00 e. The standard InChI is InChI=1S/C5H5.C2H6ClN.C2H5.3ClH.Ti/c1-2-4-5-3-1;1-4(2)3;1-2;;;;/h1-3H,4H2;1-2H3;1H2,2H3;3*1H;/q-1;;-1;;;;+3/p-3. The Morgan fingerprint density at radius 1 is 1.20 bits per heavy atom. The van der Waals surface area contributed by atoms with Crippen LogP contribution in [0.15, 0.2) is 18.2 Å². The number of nitrogens with zero attached hydrogens (tertiary/aromatic N) is 1. The van der Waals surface area contributed by atoms with Gasteiger partial charge in [-0.3, -0.25) is 6.08 Å². The van der Waals surface area contributed by atoms with Crippen LogP contribution in [0.5, 0.6) is 0 Å². The van der Waals surface area contributed by atoms with Gasteiger partial charge in [0.1, 0.15) is 0 Å². The minimum absolute atomic E-state index is 0. The van der Waals surface area contributed by atoms with Crippen LogP contribution in [0.2, 0.25) is 0 Å². The van der Waals surface area contributed by atoms with Crippen LogP contribution in [0.4, 0.5) is 0 Å². The summed E-state index contributed by atoms with van der Waals surface area (Å²) in [6.07, 6.45) is 10.0. The summed E-state index contributed by atoms with van der Waals surface area (Å²) in [5.41, 5.74) is 0. The Balaban J connectivity index is -0.0000000191. The van der Waals surface area contributed by atoms with Gasteiger partial charge in [0.25, 0.3) is 0 Å². The number of allylic oxidation sites excluding steroid dienone is 4. The number of halogens is 4. The molecule has 1 radical (unpaired) electrons. The summed E-state index contributed by atoms with van der Waals surface area (Å²) in [5, 5.41) is 0. The van der Waals surface area contributed by atoms with Crippen LogP contribution < -0.4 is 37.2 Å². The molecule has 0 aromatic carbocycles. The Morgan fingerprint density at radius 2 is 1.53 bits per heavy atom. The fourth-order valence-corrected chi connectivity index (χ4v) is 0.340. The fourth-order valence-electron chi connectivity index (χ4n) is 0.340. The van der Waals surface area contributed by atoms with E-state index in [0.717, 1.165) is 6.42 Å².